The zero-order valence-electron chi connectivity index (χ0n) is 5.82. The summed E-state index contributed by atoms with van der Waals surface area (Å²) in [6.07, 6.45) is 2.84. The van der Waals surface area contributed by atoms with Gasteiger partial charge in [-0.1, -0.05) is 0 Å². The van der Waals surface area contributed by atoms with Crippen molar-refractivity contribution in [2.24, 2.45) is 0 Å². The van der Waals surface area contributed by atoms with Gasteiger partial charge in [0.1, 0.15) is 6.79 Å². The van der Waals surface area contributed by atoms with Crippen LogP contribution in [0.3, 0.4) is 0 Å². The number of ether oxygens (including phenoxy) is 2. The fourth-order valence-electron chi connectivity index (χ4n) is 1.66. The molecule has 0 aromatic heterocycles. The van der Waals surface area contributed by atoms with Crippen LogP contribution < -0.4 is 0 Å². The lowest BCUT2D eigenvalue weighted by atomic mass is 9.93. The number of hydrogen-bond donors (Lipinski definition) is 1. The molecule has 1 aliphatic heterocycles. The summed E-state index contributed by atoms with van der Waals surface area (Å²) in [4.78, 5) is 0. The van der Waals surface area contributed by atoms with Gasteiger partial charge in [-0.2, -0.15) is 0 Å². The van der Waals surface area contributed by atoms with Gasteiger partial charge in [-0.15, -0.1) is 0 Å². The highest BCUT2D eigenvalue weighted by Crippen LogP contribution is 2.28. The average molecular weight is 144 g/mol. The molecule has 1 heterocycles. The molecule has 0 bridgehead atoms. The minimum absolute atomic E-state index is 0.164. The number of aliphatic hydroxyl groups is 1. The number of rotatable bonds is 0. The van der Waals surface area contributed by atoms with Gasteiger partial charge in [-0.3, -0.25) is 0 Å². The van der Waals surface area contributed by atoms with E-state index in [9.17, 15) is 5.11 Å². The standard InChI is InChI=1S/C7H12O3/c8-5-1-2-6-7(3-5)10-4-9-6/h5-8H,1-4H2. The Morgan fingerprint density at radius 2 is 1.90 bits per heavy atom. The number of fused-ring (bicyclic) bond motifs is 1. The van der Waals surface area contributed by atoms with E-state index in [0.717, 1.165) is 19.3 Å². The van der Waals surface area contributed by atoms with Crippen LogP contribution in [0.15, 0.2) is 0 Å². The number of aliphatic hydroxyl groups excluding tert-OH is 1. The first-order chi connectivity index (χ1) is 4.86. The smallest absolute Gasteiger partial charge is 0.147 e. The lowest BCUT2D eigenvalue weighted by Crippen LogP contribution is -2.33. The van der Waals surface area contributed by atoms with Crippen LogP contribution in [0.1, 0.15) is 19.3 Å². The van der Waals surface area contributed by atoms with E-state index in [0.29, 0.717) is 6.79 Å². The van der Waals surface area contributed by atoms with Crippen LogP contribution in [-0.4, -0.2) is 30.2 Å². The van der Waals surface area contributed by atoms with Crippen LogP contribution in [0.5, 0.6) is 0 Å². The van der Waals surface area contributed by atoms with Gasteiger partial charge < -0.3 is 14.6 Å². The summed E-state index contributed by atoms with van der Waals surface area (Å²) < 4.78 is 10.5. The predicted octanol–water partition coefficient (Wildman–Crippen LogP) is 0.273. The molecule has 3 nitrogen and oxygen atoms in total. The summed E-state index contributed by atoms with van der Waals surface area (Å²) >= 11 is 0. The molecule has 58 valence electrons. The Kier molecular flexibility index (Phi) is 1.64. The van der Waals surface area contributed by atoms with E-state index in [2.05, 4.69) is 0 Å². The molecule has 1 aliphatic carbocycles. The third-order valence-electron chi connectivity index (χ3n) is 2.27. The van der Waals surface area contributed by atoms with Gasteiger partial charge >= 0.3 is 0 Å². The largest absolute Gasteiger partial charge is 0.393 e. The van der Waals surface area contributed by atoms with Crippen molar-refractivity contribution in [1.29, 1.82) is 0 Å². The summed E-state index contributed by atoms with van der Waals surface area (Å²) in [7, 11) is 0. The van der Waals surface area contributed by atoms with Crippen LogP contribution in [0.4, 0.5) is 0 Å². The monoisotopic (exact) mass is 144 g/mol. The summed E-state index contributed by atoms with van der Waals surface area (Å²) in [5, 5.41) is 9.22. The highest BCUT2D eigenvalue weighted by Gasteiger charge is 2.34. The molecule has 0 amide bonds. The van der Waals surface area contributed by atoms with Gasteiger partial charge in [0.05, 0.1) is 18.3 Å². The van der Waals surface area contributed by atoms with Crippen molar-refractivity contribution in [3.63, 3.8) is 0 Å². The van der Waals surface area contributed by atoms with Crippen molar-refractivity contribution in [1.82, 2.24) is 0 Å². The van der Waals surface area contributed by atoms with Crippen molar-refractivity contribution in [3.05, 3.63) is 0 Å². The van der Waals surface area contributed by atoms with Crippen molar-refractivity contribution in [2.75, 3.05) is 6.79 Å². The molecule has 0 aromatic carbocycles. The first kappa shape index (κ1) is 6.58. The third kappa shape index (κ3) is 1.05. The predicted molar refractivity (Wildman–Crippen MR) is 34.5 cm³/mol. The molecule has 0 aromatic rings. The van der Waals surface area contributed by atoms with Crippen molar-refractivity contribution >= 4 is 0 Å². The van der Waals surface area contributed by atoms with E-state index in [1.165, 1.54) is 0 Å². The van der Waals surface area contributed by atoms with Crippen LogP contribution in [0.25, 0.3) is 0 Å². The van der Waals surface area contributed by atoms with Gasteiger partial charge in [0.2, 0.25) is 0 Å². The van der Waals surface area contributed by atoms with Crippen molar-refractivity contribution in [3.8, 4) is 0 Å². The molecule has 0 radical (unpaired) electrons. The maximum absolute atomic E-state index is 9.22. The zero-order chi connectivity index (χ0) is 6.97. The molecule has 10 heavy (non-hydrogen) atoms. The molecule has 1 saturated heterocycles. The fraction of sp³-hybridized carbons (Fsp3) is 1.00. The topological polar surface area (TPSA) is 38.7 Å². The zero-order valence-corrected chi connectivity index (χ0v) is 5.82. The molecule has 2 rings (SSSR count). The average Bonchev–Trinajstić information content (AvgIpc) is 2.33. The summed E-state index contributed by atoms with van der Waals surface area (Å²) in [6.45, 7) is 0.419. The van der Waals surface area contributed by atoms with Crippen LogP contribution in [0.2, 0.25) is 0 Å². The summed E-state index contributed by atoms with van der Waals surface area (Å²) in [6, 6.07) is 0. The molecule has 2 aliphatic rings. The molecule has 3 unspecified atom stereocenters. The third-order valence-corrected chi connectivity index (χ3v) is 2.27. The lowest BCUT2D eigenvalue weighted by molar-refractivity contribution is 0.0222. The van der Waals surface area contributed by atoms with Crippen molar-refractivity contribution in [2.45, 2.75) is 37.6 Å². The van der Waals surface area contributed by atoms with E-state index in [-0.39, 0.29) is 18.3 Å². The molecule has 2 fully saturated rings. The normalized spacial score (nSPS) is 47.1. The Bertz CT molecular complexity index is 126. The molecular weight excluding hydrogens is 132 g/mol. The van der Waals surface area contributed by atoms with Gasteiger partial charge in [0, 0.05) is 6.42 Å². The first-order valence-electron chi connectivity index (χ1n) is 3.77. The highest BCUT2D eigenvalue weighted by atomic mass is 16.7. The molecule has 1 N–H and O–H groups in total. The second-order valence-corrected chi connectivity index (χ2v) is 2.99. The molecule has 3 heteroatoms. The lowest BCUT2D eigenvalue weighted by Gasteiger charge is -2.25. The van der Waals surface area contributed by atoms with Gasteiger partial charge in [0.15, 0.2) is 0 Å². The van der Waals surface area contributed by atoms with Gasteiger partial charge in [-0.25, -0.2) is 0 Å². The van der Waals surface area contributed by atoms with E-state index in [4.69, 9.17) is 9.47 Å². The summed E-state index contributed by atoms with van der Waals surface area (Å²) in [5.74, 6) is 0. The van der Waals surface area contributed by atoms with E-state index >= 15 is 0 Å². The van der Waals surface area contributed by atoms with E-state index in [1.54, 1.807) is 0 Å². The number of hydrogen-bond acceptors (Lipinski definition) is 3. The second-order valence-electron chi connectivity index (χ2n) is 2.99. The Morgan fingerprint density at radius 1 is 1.10 bits per heavy atom. The maximum atomic E-state index is 9.22. The van der Waals surface area contributed by atoms with E-state index < -0.39 is 0 Å². The Morgan fingerprint density at radius 3 is 2.80 bits per heavy atom. The van der Waals surface area contributed by atoms with E-state index in [1.807, 2.05) is 0 Å². The second kappa shape index (κ2) is 2.49. The van der Waals surface area contributed by atoms with Gasteiger partial charge in [0.25, 0.3) is 0 Å². The highest BCUT2D eigenvalue weighted by molar-refractivity contribution is 4.83. The fourth-order valence-corrected chi connectivity index (χ4v) is 1.66. The molecule has 0 spiro atoms. The minimum atomic E-state index is -0.164. The van der Waals surface area contributed by atoms with Crippen LogP contribution >= 0.6 is 0 Å². The quantitative estimate of drug-likeness (QED) is 0.530. The molecule has 3 atom stereocenters. The Balaban J connectivity index is 1.96. The first-order valence-corrected chi connectivity index (χ1v) is 3.77. The van der Waals surface area contributed by atoms with Crippen LogP contribution in [0, 0.1) is 0 Å². The Hall–Kier alpha value is -0.120. The summed E-state index contributed by atoms with van der Waals surface area (Å²) in [5.41, 5.74) is 0. The van der Waals surface area contributed by atoms with Gasteiger partial charge in [-0.05, 0) is 12.8 Å². The molecule has 1 saturated carbocycles. The van der Waals surface area contributed by atoms with Crippen LogP contribution in [-0.2, 0) is 9.47 Å². The minimum Gasteiger partial charge on any atom is -0.393 e. The SMILES string of the molecule is OC1CCC2OCOC2C1. The molecular formula is C7H12O3. The Labute approximate surface area is 59.9 Å². The van der Waals surface area contributed by atoms with Crippen molar-refractivity contribution < 1.29 is 14.6 Å². The maximum Gasteiger partial charge on any atom is 0.147 e.